The molecule has 0 aliphatic heterocycles. The second-order valence-corrected chi connectivity index (χ2v) is 7.96. The van der Waals surface area contributed by atoms with E-state index in [0.29, 0.717) is 16.8 Å². The quantitative estimate of drug-likeness (QED) is 0.630. The molecule has 1 saturated carbocycles. The molecule has 4 rings (SSSR count). The fourth-order valence-corrected chi connectivity index (χ4v) is 3.51. The third-order valence-corrected chi connectivity index (χ3v) is 5.42. The third-order valence-electron chi connectivity index (χ3n) is 5.42. The number of carbonyl (C=O) groups is 2. The lowest BCUT2D eigenvalue weighted by Gasteiger charge is -2.13. The molecule has 2 aromatic carbocycles. The zero-order valence-electron chi connectivity index (χ0n) is 17.2. The van der Waals surface area contributed by atoms with E-state index in [9.17, 15) is 9.59 Å². The van der Waals surface area contributed by atoms with E-state index in [-0.39, 0.29) is 11.6 Å². The number of fused-ring (bicyclic) bond motifs is 1. The van der Waals surface area contributed by atoms with Crippen LogP contribution in [0.4, 0.5) is 5.69 Å². The molecule has 0 saturated heterocycles. The Balaban J connectivity index is 1.65. The smallest absolute Gasteiger partial charge is 0.271 e. The Morgan fingerprint density at radius 3 is 2.40 bits per heavy atom. The van der Waals surface area contributed by atoms with Crippen LogP contribution in [0.1, 0.15) is 40.1 Å². The molecule has 3 aromatic rings. The van der Waals surface area contributed by atoms with Crippen LogP contribution in [0.25, 0.3) is 22.0 Å². The number of aromatic nitrogens is 2. The molecule has 154 valence electrons. The molecule has 1 aromatic heterocycles. The van der Waals surface area contributed by atoms with Crippen molar-refractivity contribution in [3.63, 3.8) is 0 Å². The van der Waals surface area contributed by atoms with Crippen molar-refractivity contribution < 1.29 is 9.59 Å². The number of anilines is 1. The summed E-state index contributed by atoms with van der Waals surface area (Å²) >= 11 is 0. The molecule has 7 nitrogen and oxygen atoms in total. The molecule has 2 amide bonds. The van der Waals surface area contributed by atoms with Crippen LogP contribution in [0, 0.1) is 5.92 Å². The monoisotopic (exact) mass is 403 g/mol. The summed E-state index contributed by atoms with van der Waals surface area (Å²) in [6, 6.07) is 13.3. The van der Waals surface area contributed by atoms with Crippen molar-refractivity contribution in [2.75, 3.05) is 26.0 Å². The van der Waals surface area contributed by atoms with Gasteiger partial charge in [0.05, 0.1) is 11.2 Å². The highest BCUT2D eigenvalue weighted by molar-refractivity contribution is 6.05. The number of hydrogen-bond donors (Lipinski definition) is 2. The number of hydrogen-bond acceptors (Lipinski definition) is 5. The summed E-state index contributed by atoms with van der Waals surface area (Å²) in [4.78, 5) is 25.5. The van der Waals surface area contributed by atoms with Crippen molar-refractivity contribution in [2.45, 2.75) is 19.3 Å². The maximum Gasteiger partial charge on any atom is 0.271 e. The number of nitrogens with zero attached hydrogens (tertiary/aromatic N) is 3. The van der Waals surface area contributed by atoms with E-state index in [2.05, 4.69) is 15.5 Å². The van der Waals surface area contributed by atoms with Gasteiger partial charge in [-0.05, 0) is 47.7 Å². The van der Waals surface area contributed by atoms with Crippen molar-refractivity contribution in [1.82, 2.24) is 15.1 Å². The summed E-state index contributed by atoms with van der Waals surface area (Å²) in [5.74, 6) is 0.153. The fourth-order valence-electron chi connectivity index (χ4n) is 3.51. The highest BCUT2D eigenvalue weighted by Crippen LogP contribution is 2.33. The molecule has 1 heterocycles. The second kappa shape index (κ2) is 8.10. The average Bonchev–Trinajstić information content (AvgIpc) is 3.57. The van der Waals surface area contributed by atoms with E-state index in [1.54, 1.807) is 19.0 Å². The molecule has 0 unspecified atom stereocenters. The summed E-state index contributed by atoms with van der Waals surface area (Å²) in [5, 5.41) is 12.5. The molecule has 1 aliphatic rings. The van der Waals surface area contributed by atoms with Crippen LogP contribution in [-0.4, -0.2) is 47.6 Å². The average molecular weight is 403 g/mol. The van der Waals surface area contributed by atoms with E-state index in [4.69, 9.17) is 5.73 Å². The number of nitrogens with two attached hydrogens (primary N) is 1. The number of benzene rings is 2. The van der Waals surface area contributed by atoms with Gasteiger partial charge in [0.2, 0.25) is 0 Å². The molecule has 30 heavy (non-hydrogen) atoms. The maximum atomic E-state index is 12.1. The van der Waals surface area contributed by atoms with Gasteiger partial charge < -0.3 is 16.0 Å². The maximum absolute atomic E-state index is 12.1. The summed E-state index contributed by atoms with van der Waals surface area (Å²) in [5.41, 5.74) is 9.57. The Labute approximate surface area is 175 Å². The largest absolute Gasteiger partial charge is 0.383 e. The van der Waals surface area contributed by atoms with Gasteiger partial charge in [0.15, 0.2) is 5.69 Å². The zero-order valence-corrected chi connectivity index (χ0v) is 17.2. The summed E-state index contributed by atoms with van der Waals surface area (Å²) < 4.78 is 0. The summed E-state index contributed by atoms with van der Waals surface area (Å²) in [6.07, 6.45) is 3.63. The number of nitrogens with one attached hydrogen (secondary N) is 1. The van der Waals surface area contributed by atoms with E-state index in [0.717, 1.165) is 35.4 Å². The van der Waals surface area contributed by atoms with Gasteiger partial charge >= 0.3 is 0 Å². The van der Waals surface area contributed by atoms with Crippen molar-refractivity contribution in [2.24, 2.45) is 11.7 Å². The first-order chi connectivity index (χ1) is 14.4. The fraction of sp³-hybridized carbons (Fsp3) is 0.304. The highest BCUT2D eigenvalue weighted by atomic mass is 16.2. The molecule has 0 spiro atoms. The van der Waals surface area contributed by atoms with Gasteiger partial charge in [-0.3, -0.25) is 9.59 Å². The molecule has 0 atom stereocenters. The lowest BCUT2D eigenvalue weighted by Crippen LogP contribution is -2.21. The molecule has 1 fully saturated rings. The van der Waals surface area contributed by atoms with Crippen molar-refractivity contribution in [3.8, 4) is 11.1 Å². The van der Waals surface area contributed by atoms with Gasteiger partial charge in [-0.2, -0.15) is 0 Å². The number of primary amides is 1. The Bertz CT molecular complexity index is 1100. The van der Waals surface area contributed by atoms with Gasteiger partial charge in [0, 0.05) is 31.6 Å². The molecular weight excluding hydrogens is 378 g/mol. The van der Waals surface area contributed by atoms with Gasteiger partial charge in [-0.15, -0.1) is 10.2 Å². The predicted molar refractivity (Wildman–Crippen MR) is 117 cm³/mol. The van der Waals surface area contributed by atoms with Crippen LogP contribution in [0.3, 0.4) is 0 Å². The molecule has 0 radical (unpaired) electrons. The van der Waals surface area contributed by atoms with Gasteiger partial charge in [0.1, 0.15) is 0 Å². The lowest BCUT2D eigenvalue weighted by molar-refractivity contribution is 0.0827. The first-order valence-electron chi connectivity index (χ1n) is 10.1. The van der Waals surface area contributed by atoms with Crippen molar-refractivity contribution in [3.05, 3.63) is 53.7 Å². The van der Waals surface area contributed by atoms with Crippen LogP contribution < -0.4 is 11.1 Å². The van der Waals surface area contributed by atoms with Crippen LogP contribution in [-0.2, 0) is 0 Å². The Morgan fingerprint density at radius 1 is 1.07 bits per heavy atom. The second-order valence-electron chi connectivity index (χ2n) is 7.96. The van der Waals surface area contributed by atoms with E-state index in [1.165, 1.54) is 12.8 Å². The third kappa shape index (κ3) is 4.10. The normalized spacial score (nSPS) is 13.3. The minimum absolute atomic E-state index is 0.0353. The van der Waals surface area contributed by atoms with Crippen LogP contribution in [0.2, 0.25) is 0 Å². The standard InChI is InChI=1S/C23H25N5O2/c1-28(2)23(30)16-7-5-15(6-8-16)17-9-10-18-19(13-17)26-27-21(22(24)29)20(18)25-12-11-14-3-4-14/h5-10,13-14H,3-4,11-12H2,1-2H3,(H2,24,29)(H,25,26). The predicted octanol–water partition coefficient (Wildman–Crippen LogP) is 3.31. The Kier molecular flexibility index (Phi) is 5.35. The van der Waals surface area contributed by atoms with Crippen molar-refractivity contribution in [1.29, 1.82) is 0 Å². The Morgan fingerprint density at radius 2 is 1.77 bits per heavy atom. The minimum atomic E-state index is -0.594. The highest BCUT2D eigenvalue weighted by Gasteiger charge is 2.21. The van der Waals surface area contributed by atoms with E-state index in [1.807, 2.05) is 42.5 Å². The van der Waals surface area contributed by atoms with Crippen LogP contribution >= 0.6 is 0 Å². The molecule has 0 bridgehead atoms. The number of amides is 2. The first-order valence-corrected chi connectivity index (χ1v) is 10.1. The molecule has 1 aliphatic carbocycles. The van der Waals surface area contributed by atoms with Gasteiger partial charge in [0.25, 0.3) is 11.8 Å². The molecule has 7 heteroatoms. The minimum Gasteiger partial charge on any atom is -0.383 e. The SMILES string of the molecule is CN(C)C(=O)c1ccc(-c2ccc3c(NCCC4CC4)c(C(N)=O)nnc3c2)cc1. The van der Waals surface area contributed by atoms with Crippen molar-refractivity contribution >= 4 is 28.4 Å². The van der Waals surface area contributed by atoms with Crippen LogP contribution in [0.5, 0.6) is 0 Å². The first kappa shape index (κ1) is 19.8. The van der Waals surface area contributed by atoms with E-state index >= 15 is 0 Å². The lowest BCUT2D eigenvalue weighted by atomic mass is 10.0. The van der Waals surface area contributed by atoms with E-state index < -0.39 is 5.91 Å². The zero-order chi connectivity index (χ0) is 21.3. The number of rotatable bonds is 7. The number of carbonyl (C=O) groups excluding carboxylic acids is 2. The topological polar surface area (TPSA) is 101 Å². The molecular formula is C23H25N5O2. The van der Waals surface area contributed by atoms with Gasteiger partial charge in [-0.1, -0.05) is 31.0 Å². The summed E-state index contributed by atoms with van der Waals surface area (Å²) in [6.45, 7) is 0.773. The van der Waals surface area contributed by atoms with Crippen LogP contribution in [0.15, 0.2) is 42.5 Å². The molecule has 3 N–H and O–H groups in total. The summed E-state index contributed by atoms with van der Waals surface area (Å²) in [7, 11) is 3.46. The Hall–Kier alpha value is -3.48. The van der Waals surface area contributed by atoms with Gasteiger partial charge in [-0.25, -0.2) is 0 Å².